The molecule has 0 aliphatic heterocycles. The first-order chi connectivity index (χ1) is 9.52. The molecule has 0 unspecified atom stereocenters. The van der Waals surface area contributed by atoms with Crippen molar-refractivity contribution >= 4 is 17.8 Å². The van der Waals surface area contributed by atoms with Gasteiger partial charge in [0.15, 0.2) is 0 Å². The molecule has 0 bridgehead atoms. The molecule has 0 saturated heterocycles. The lowest BCUT2D eigenvalue weighted by Crippen LogP contribution is -2.37. The summed E-state index contributed by atoms with van der Waals surface area (Å²) in [5, 5.41) is 19.3. The van der Waals surface area contributed by atoms with Gasteiger partial charge in [0.05, 0.1) is 5.92 Å². The predicted octanol–water partition coefficient (Wildman–Crippen LogP) is -0.0584. The minimum Gasteiger partial charge on any atom is -0.480 e. The van der Waals surface area contributed by atoms with E-state index in [0.29, 0.717) is 0 Å². The maximum atomic E-state index is 11.9. The number of benzene rings is 1. The van der Waals surface area contributed by atoms with Gasteiger partial charge in [-0.15, -0.1) is 0 Å². The average Bonchev–Trinajstić information content (AvgIpc) is 2.44. The minimum atomic E-state index is -1.16. The topological polar surface area (TPSA) is 116 Å². The van der Waals surface area contributed by atoms with Gasteiger partial charge in [-0.05, 0) is 12.0 Å². The molecule has 2 amide bonds. The fraction of sp³-hybridized carbons (Fsp3) is 0.308. The van der Waals surface area contributed by atoms with Gasteiger partial charge in [0, 0.05) is 6.42 Å². The van der Waals surface area contributed by atoms with E-state index in [9.17, 15) is 14.4 Å². The van der Waals surface area contributed by atoms with E-state index in [2.05, 4.69) is 5.32 Å². The van der Waals surface area contributed by atoms with Crippen molar-refractivity contribution in [3.05, 3.63) is 35.9 Å². The number of carboxylic acid groups (broad SMARTS) is 1. The van der Waals surface area contributed by atoms with E-state index in [-0.39, 0.29) is 12.8 Å². The van der Waals surface area contributed by atoms with E-state index in [1.807, 2.05) is 6.07 Å². The Morgan fingerprint density at radius 2 is 1.80 bits per heavy atom. The third-order valence-electron chi connectivity index (χ3n) is 2.67. The van der Waals surface area contributed by atoms with Gasteiger partial charge in [0.2, 0.25) is 11.8 Å². The molecule has 108 valence electrons. The maximum absolute atomic E-state index is 11.9. The zero-order valence-electron chi connectivity index (χ0n) is 10.7. The van der Waals surface area contributed by atoms with Crippen LogP contribution < -0.4 is 10.8 Å². The molecule has 0 aliphatic carbocycles. The van der Waals surface area contributed by atoms with Crippen LogP contribution in [0.3, 0.4) is 0 Å². The highest BCUT2D eigenvalue weighted by molar-refractivity contribution is 5.87. The third kappa shape index (κ3) is 5.49. The summed E-state index contributed by atoms with van der Waals surface area (Å²) in [6, 6.07) is 9.02. The molecule has 1 aromatic rings. The largest absolute Gasteiger partial charge is 0.480 e. The highest BCUT2D eigenvalue weighted by atomic mass is 16.5. The number of hydroxylamine groups is 1. The Hall–Kier alpha value is -2.41. The average molecular weight is 280 g/mol. The summed E-state index contributed by atoms with van der Waals surface area (Å²) in [7, 11) is 0. The highest BCUT2D eigenvalue weighted by Gasteiger charge is 2.22. The summed E-state index contributed by atoms with van der Waals surface area (Å²) >= 11 is 0. The van der Waals surface area contributed by atoms with Crippen LogP contribution in [0.4, 0.5) is 0 Å². The quantitative estimate of drug-likeness (QED) is 0.412. The van der Waals surface area contributed by atoms with Crippen molar-refractivity contribution in [2.24, 2.45) is 5.92 Å². The Kier molecular flexibility index (Phi) is 6.18. The third-order valence-corrected chi connectivity index (χ3v) is 2.67. The smallest absolute Gasteiger partial charge is 0.322 e. The molecule has 0 spiro atoms. The molecule has 1 rings (SSSR count). The molecule has 0 fully saturated rings. The summed E-state index contributed by atoms with van der Waals surface area (Å²) in [6.07, 6.45) is 0.0521. The van der Waals surface area contributed by atoms with Crippen molar-refractivity contribution in [3.8, 4) is 0 Å². The van der Waals surface area contributed by atoms with Crippen LogP contribution in [0, 0.1) is 5.92 Å². The Morgan fingerprint density at radius 3 is 2.35 bits per heavy atom. The van der Waals surface area contributed by atoms with E-state index in [1.54, 1.807) is 24.3 Å². The first-order valence-corrected chi connectivity index (χ1v) is 5.99. The molecule has 1 aromatic carbocycles. The standard InChI is InChI=1S/C13H16N2O5/c16-11(15-20)7-10(13(19)14-8-12(17)18)6-9-4-2-1-3-5-9/h1-5,10,20H,6-8H2,(H,14,19)(H,15,16)(H,17,18)/t10-/m0/s1. The lowest BCUT2D eigenvalue weighted by atomic mass is 9.95. The van der Waals surface area contributed by atoms with Crippen molar-refractivity contribution in [1.29, 1.82) is 0 Å². The number of carboxylic acids is 1. The molecular weight excluding hydrogens is 264 g/mol. The molecule has 4 N–H and O–H groups in total. The van der Waals surface area contributed by atoms with Gasteiger partial charge < -0.3 is 10.4 Å². The van der Waals surface area contributed by atoms with Gasteiger partial charge in [-0.3, -0.25) is 19.6 Å². The van der Waals surface area contributed by atoms with Crippen LogP contribution in [0.5, 0.6) is 0 Å². The Balaban J connectivity index is 2.71. The normalized spacial score (nSPS) is 11.4. The number of carbonyl (C=O) groups excluding carboxylic acids is 2. The summed E-state index contributed by atoms with van der Waals surface area (Å²) in [4.78, 5) is 33.5. The number of carbonyl (C=O) groups is 3. The van der Waals surface area contributed by atoms with Crippen molar-refractivity contribution in [2.75, 3.05) is 6.54 Å². The zero-order valence-corrected chi connectivity index (χ0v) is 10.7. The summed E-state index contributed by atoms with van der Waals surface area (Å²) in [6.45, 7) is -0.509. The number of hydrogen-bond acceptors (Lipinski definition) is 4. The van der Waals surface area contributed by atoms with E-state index in [0.717, 1.165) is 5.56 Å². The van der Waals surface area contributed by atoms with E-state index < -0.39 is 30.2 Å². The molecule has 20 heavy (non-hydrogen) atoms. The number of hydrogen-bond donors (Lipinski definition) is 4. The van der Waals surface area contributed by atoms with Gasteiger partial charge in [-0.25, -0.2) is 5.48 Å². The predicted molar refractivity (Wildman–Crippen MR) is 68.8 cm³/mol. The van der Waals surface area contributed by atoms with Crippen molar-refractivity contribution in [3.63, 3.8) is 0 Å². The number of amides is 2. The first kappa shape index (κ1) is 15.6. The lowest BCUT2D eigenvalue weighted by molar-refractivity contribution is -0.139. The van der Waals surface area contributed by atoms with Crippen LogP contribution in [-0.4, -0.2) is 34.6 Å². The van der Waals surface area contributed by atoms with E-state index in [1.165, 1.54) is 5.48 Å². The van der Waals surface area contributed by atoms with Crippen LogP contribution >= 0.6 is 0 Å². The van der Waals surface area contributed by atoms with Crippen LogP contribution in [0.2, 0.25) is 0 Å². The Morgan fingerprint density at radius 1 is 1.15 bits per heavy atom. The monoisotopic (exact) mass is 280 g/mol. The van der Waals surface area contributed by atoms with Gasteiger partial charge in [-0.2, -0.15) is 0 Å². The maximum Gasteiger partial charge on any atom is 0.322 e. The molecule has 0 saturated carbocycles. The number of nitrogens with one attached hydrogen (secondary N) is 2. The lowest BCUT2D eigenvalue weighted by Gasteiger charge is -2.15. The van der Waals surface area contributed by atoms with Crippen molar-refractivity contribution in [2.45, 2.75) is 12.8 Å². The fourth-order valence-corrected chi connectivity index (χ4v) is 1.73. The van der Waals surface area contributed by atoms with Crippen LogP contribution in [-0.2, 0) is 20.8 Å². The van der Waals surface area contributed by atoms with E-state index >= 15 is 0 Å². The SMILES string of the molecule is O=C(O)CNC(=O)[C@H](CC(=O)NO)Cc1ccccc1. The van der Waals surface area contributed by atoms with Gasteiger partial charge >= 0.3 is 5.97 Å². The second-order valence-electron chi connectivity index (χ2n) is 4.24. The van der Waals surface area contributed by atoms with Crippen LogP contribution in [0.1, 0.15) is 12.0 Å². The van der Waals surface area contributed by atoms with Crippen molar-refractivity contribution < 1.29 is 24.7 Å². The van der Waals surface area contributed by atoms with Gasteiger partial charge in [0.25, 0.3) is 0 Å². The molecule has 0 aliphatic rings. The summed E-state index contributed by atoms with van der Waals surface area (Å²) < 4.78 is 0. The van der Waals surface area contributed by atoms with E-state index in [4.69, 9.17) is 10.3 Å². The molecule has 7 heteroatoms. The molecule has 0 heterocycles. The van der Waals surface area contributed by atoms with Crippen LogP contribution in [0.25, 0.3) is 0 Å². The zero-order chi connectivity index (χ0) is 15.0. The fourth-order valence-electron chi connectivity index (χ4n) is 1.73. The van der Waals surface area contributed by atoms with Gasteiger partial charge in [-0.1, -0.05) is 30.3 Å². The van der Waals surface area contributed by atoms with Crippen LogP contribution in [0.15, 0.2) is 30.3 Å². The minimum absolute atomic E-state index is 0.225. The molecule has 0 radical (unpaired) electrons. The Bertz CT molecular complexity index is 475. The van der Waals surface area contributed by atoms with Gasteiger partial charge in [0.1, 0.15) is 6.54 Å². The second kappa shape index (κ2) is 7.90. The molecule has 0 aromatic heterocycles. The molecular formula is C13H16N2O5. The van der Waals surface area contributed by atoms with Crippen molar-refractivity contribution in [1.82, 2.24) is 10.8 Å². The summed E-state index contributed by atoms with van der Waals surface area (Å²) in [5.74, 6) is -3.15. The number of rotatable bonds is 7. The number of aliphatic carboxylic acids is 1. The second-order valence-corrected chi connectivity index (χ2v) is 4.24. The molecule has 7 nitrogen and oxygen atoms in total. The molecule has 1 atom stereocenters. The summed E-state index contributed by atoms with van der Waals surface area (Å²) in [5.41, 5.74) is 2.31. The Labute approximate surface area is 115 Å². The first-order valence-electron chi connectivity index (χ1n) is 5.99. The highest BCUT2D eigenvalue weighted by Crippen LogP contribution is 2.12.